The molecule has 1 saturated heterocycles. The van der Waals surface area contributed by atoms with Crippen LogP contribution < -0.4 is 13.8 Å². The molecule has 3 N–H and O–H groups in total. The van der Waals surface area contributed by atoms with Crippen molar-refractivity contribution in [1.82, 2.24) is 4.72 Å². The number of nitriles is 1. The highest BCUT2D eigenvalue weighted by atomic mass is 32.2. The van der Waals surface area contributed by atoms with E-state index < -0.39 is 45.5 Å². The predicted molar refractivity (Wildman–Crippen MR) is 101 cm³/mol. The molecule has 0 unspecified atom stereocenters. The normalized spacial score (nSPS) is 17.6. The fourth-order valence-electron chi connectivity index (χ4n) is 2.93. The molecule has 3 rings (SSSR count). The minimum absolute atomic E-state index is 0.0198. The molecule has 1 aliphatic rings. The fraction of sp³-hybridized carbons (Fsp3) is 0.333. The molecule has 0 bridgehead atoms. The summed E-state index contributed by atoms with van der Waals surface area (Å²) in [6, 6.07) is 7.39. The van der Waals surface area contributed by atoms with Crippen molar-refractivity contribution in [3.05, 3.63) is 30.1 Å². The maximum Gasteiger partial charge on any atom is 0.326 e. The summed E-state index contributed by atoms with van der Waals surface area (Å²) < 4.78 is 46.8. The molecule has 0 aromatic heterocycles. The van der Waals surface area contributed by atoms with Gasteiger partial charge in [-0.05, 0) is 30.5 Å². The zero-order valence-corrected chi connectivity index (χ0v) is 16.2. The molecule has 2 aromatic rings. The maximum atomic E-state index is 15.1. The van der Waals surface area contributed by atoms with Crippen LogP contribution in [0.15, 0.2) is 24.3 Å². The minimum Gasteiger partial charge on any atom is -0.506 e. The molecular formula is C18H18FN3O6S. The highest BCUT2D eigenvalue weighted by molar-refractivity contribution is 7.92. The van der Waals surface area contributed by atoms with Gasteiger partial charge >= 0.3 is 10.2 Å². The van der Waals surface area contributed by atoms with E-state index in [4.69, 9.17) is 10.00 Å². The highest BCUT2D eigenvalue weighted by Crippen LogP contribution is 2.39. The largest absolute Gasteiger partial charge is 0.506 e. The lowest BCUT2D eigenvalue weighted by Gasteiger charge is -2.20. The summed E-state index contributed by atoms with van der Waals surface area (Å²) in [7, 11) is -4.30. The van der Waals surface area contributed by atoms with Crippen molar-refractivity contribution >= 4 is 32.6 Å². The maximum absolute atomic E-state index is 15.1. The summed E-state index contributed by atoms with van der Waals surface area (Å²) >= 11 is 0. The van der Waals surface area contributed by atoms with E-state index in [2.05, 4.69) is 0 Å². The zero-order valence-electron chi connectivity index (χ0n) is 15.3. The van der Waals surface area contributed by atoms with Crippen molar-refractivity contribution < 1.29 is 32.6 Å². The third-order valence-corrected chi connectivity index (χ3v) is 5.82. The molecule has 154 valence electrons. The van der Waals surface area contributed by atoms with Crippen molar-refractivity contribution in [3.8, 4) is 17.6 Å². The van der Waals surface area contributed by atoms with Crippen molar-refractivity contribution in [3.63, 3.8) is 0 Å². The summed E-state index contributed by atoms with van der Waals surface area (Å²) in [5.41, 5.74) is -1.86. The number of rotatable bonds is 6. The molecule has 0 saturated carbocycles. The van der Waals surface area contributed by atoms with Crippen LogP contribution in [0.3, 0.4) is 0 Å². The summed E-state index contributed by atoms with van der Waals surface area (Å²) in [6.07, 6.45) is 0.101. The Hall–Kier alpha value is -3.10. The first-order valence-electron chi connectivity index (χ1n) is 8.55. The topological polar surface area (TPSA) is 140 Å². The Kier molecular flexibility index (Phi) is 5.25. The van der Waals surface area contributed by atoms with E-state index in [1.165, 1.54) is 31.2 Å². The lowest BCUT2D eigenvalue weighted by Crippen LogP contribution is -2.30. The molecule has 1 atom stereocenters. The van der Waals surface area contributed by atoms with Gasteiger partial charge in [-0.3, -0.25) is 4.79 Å². The SMILES string of the molecule is C[C@@](O)(CC#N)CCOc1ccc2cc(O)c(N3CC(=O)NS3(=O)=O)c(F)c2c1. The van der Waals surface area contributed by atoms with Gasteiger partial charge < -0.3 is 14.9 Å². The number of fused-ring (bicyclic) bond motifs is 1. The van der Waals surface area contributed by atoms with E-state index in [0.717, 1.165) is 0 Å². The Bertz CT molecular complexity index is 1130. The summed E-state index contributed by atoms with van der Waals surface area (Å²) in [6.45, 7) is 0.911. The smallest absolute Gasteiger partial charge is 0.326 e. The van der Waals surface area contributed by atoms with E-state index in [0.29, 0.717) is 9.69 Å². The zero-order chi connectivity index (χ0) is 21.4. The third kappa shape index (κ3) is 4.18. The third-order valence-electron chi connectivity index (χ3n) is 4.44. The van der Waals surface area contributed by atoms with Gasteiger partial charge in [0, 0.05) is 11.8 Å². The van der Waals surface area contributed by atoms with Crippen LogP contribution in [0, 0.1) is 17.1 Å². The average molecular weight is 423 g/mol. The van der Waals surface area contributed by atoms with Crippen LogP contribution in [0.2, 0.25) is 0 Å². The van der Waals surface area contributed by atoms with Crippen molar-refractivity contribution in [1.29, 1.82) is 5.26 Å². The van der Waals surface area contributed by atoms with Crippen molar-refractivity contribution in [2.45, 2.75) is 25.4 Å². The molecule has 0 aliphatic carbocycles. The Balaban J connectivity index is 1.93. The minimum atomic E-state index is -4.30. The molecule has 0 spiro atoms. The predicted octanol–water partition coefficient (Wildman–Crippen LogP) is 1.30. The van der Waals surface area contributed by atoms with E-state index in [-0.39, 0.29) is 30.6 Å². The number of hydrogen-bond donors (Lipinski definition) is 3. The quantitative estimate of drug-likeness (QED) is 0.636. The van der Waals surface area contributed by atoms with Crippen molar-refractivity contribution in [2.24, 2.45) is 0 Å². The number of benzene rings is 2. The average Bonchev–Trinajstić information content (AvgIpc) is 2.87. The number of nitrogens with zero attached hydrogens (tertiary/aromatic N) is 2. The number of ether oxygens (including phenoxy) is 1. The number of aromatic hydroxyl groups is 1. The van der Waals surface area contributed by atoms with Gasteiger partial charge in [-0.15, -0.1) is 0 Å². The van der Waals surface area contributed by atoms with Crippen LogP contribution in [0.4, 0.5) is 10.1 Å². The van der Waals surface area contributed by atoms with E-state index in [9.17, 15) is 23.4 Å². The van der Waals surface area contributed by atoms with Gasteiger partial charge in [0.1, 0.15) is 23.7 Å². The van der Waals surface area contributed by atoms with Crippen molar-refractivity contribution in [2.75, 3.05) is 17.5 Å². The number of hydrogen-bond acceptors (Lipinski definition) is 7. The molecular weight excluding hydrogens is 405 g/mol. The first-order chi connectivity index (χ1) is 13.5. The highest BCUT2D eigenvalue weighted by Gasteiger charge is 2.37. The molecule has 1 aliphatic heterocycles. The summed E-state index contributed by atoms with van der Waals surface area (Å²) in [5, 5.41) is 29.1. The van der Waals surface area contributed by atoms with Gasteiger partial charge in [-0.2, -0.15) is 13.7 Å². The second-order valence-electron chi connectivity index (χ2n) is 6.91. The second kappa shape index (κ2) is 7.38. The van der Waals surface area contributed by atoms with Crippen LogP contribution in [0.25, 0.3) is 10.8 Å². The number of phenols is 1. The number of amides is 1. The Morgan fingerprint density at radius 3 is 2.76 bits per heavy atom. The fourth-order valence-corrected chi connectivity index (χ4v) is 4.09. The lowest BCUT2D eigenvalue weighted by molar-refractivity contribution is -0.117. The lowest BCUT2D eigenvalue weighted by atomic mass is 10.00. The van der Waals surface area contributed by atoms with Gasteiger partial charge in [0.05, 0.1) is 24.7 Å². The molecule has 1 fully saturated rings. The van der Waals surface area contributed by atoms with E-state index in [1.807, 2.05) is 6.07 Å². The molecule has 29 heavy (non-hydrogen) atoms. The Morgan fingerprint density at radius 1 is 1.41 bits per heavy atom. The molecule has 11 heteroatoms. The monoisotopic (exact) mass is 423 g/mol. The first kappa shape index (κ1) is 20.6. The number of carbonyl (C=O) groups excluding carboxylic acids is 1. The van der Waals surface area contributed by atoms with Crippen LogP contribution >= 0.6 is 0 Å². The Labute approximate surface area is 166 Å². The van der Waals surface area contributed by atoms with Crippen LogP contribution in [-0.2, 0) is 15.0 Å². The van der Waals surface area contributed by atoms with Gasteiger partial charge in [0.15, 0.2) is 5.82 Å². The van der Waals surface area contributed by atoms with Gasteiger partial charge in [0.25, 0.3) is 5.91 Å². The molecule has 1 heterocycles. The van der Waals surface area contributed by atoms with Gasteiger partial charge in [-0.1, -0.05) is 6.07 Å². The number of anilines is 1. The Morgan fingerprint density at radius 2 is 2.14 bits per heavy atom. The number of aliphatic hydroxyl groups is 1. The molecule has 2 aromatic carbocycles. The van der Waals surface area contributed by atoms with Crippen LogP contribution in [-0.4, -0.2) is 43.3 Å². The van der Waals surface area contributed by atoms with Crippen LogP contribution in [0.5, 0.6) is 11.5 Å². The summed E-state index contributed by atoms with van der Waals surface area (Å²) in [5.74, 6) is -2.25. The first-order valence-corrected chi connectivity index (χ1v) is 9.99. The van der Waals surface area contributed by atoms with Crippen LogP contribution in [0.1, 0.15) is 19.8 Å². The number of carbonyl (C=O) groups is 1. The van der Waals surface area contributed by atoms with Gasteiger partial charge in [0.2, 0.25) is 0 Å². The number of nitrogens with one attached hydrogen (secondary N) is 1. The summed E-state index contributed by atoms with van der Waals surface area (Å²) in [4.78, 5) is 11.4. The number of halogens is 1. The second-order valence-corrected chi connectivity index (χ2v) is 8.50. The molecule has 0 radical (unpaired) electrons. The molecule has 1 amide bonds. The van der Waals surface area contributed by atoms with E-state index in [1.54, 1.807) is 4.72 Å². The standard InChI is InChI=1S/C18H18FN3O6S/c1-18(25,4-6-20)5-7-28-12-3-2-11-8-14(23)17(16(19)13(11)9-12)22-10-15(24)21-29(22,26)27/h2-3,8-9,23,25H,4-5,7,10H2,1H3,(H,21,24)/t18-/m1/s1. The number of phenolic OH excluding ortho intramolecular Hbond substituents is 1. The van der Waals surface area contributed by atoms with E-state index >= 15 is 4.39 Å². The molecule has 9 nitrogen and oxygen atoms in total. The van der Waals surface area contributed by atoms with Gasteiger partial charge in [-0.25, -0.2) is 13.4 Å².